The van der Waals surface area contributed by atoms with Gasteiger partial charge in [0.2, 0.25) is 0 Å². The van der Waals surface area contributed by atoms with Crippen LogP contribution in [0.2, 0.25) is 0 Å². The first kappa shape index (κ1) is 23.3. The fourth-order valence-corrected chi connectivity index (χ4v) is 3.67. The third-order valence-electron chi connectivity index (χ3n) is 3.44. The molecule has 0 unspecified atom stereocenters. The summed E-state index contributed by atoms with van der Waals surface area (Å²) in [4.78, 5) is 1.83. The molecule has 1 aliphatic heterocycles. The molecule has 0 aliphatic carbocycles. The molecule has 1 saturated heterocycles. The Kier molecular flexibility index (Phi) is 9.79. The Labute approximate surface area is 162 Å². The van der Waals surface area contributed by atoms with Crippen LogP contribution in [-0.4, -0.2) is 42.4 Å². The Bertz CT molecular complexity index is 491. The van der Waals surface area contributed by atoms with Gasteiger partial charge in [0.1, 0.15) is 5.75 Å². The number of nitrogens with one attached hydrogen (secondary N) is 1. The number of phenolic OH excluding ortho intramolecular Hbond substituents is 1. The van der Waals surface area contributed by atoms with E-state index >= 15 is 0 Å². The van der Waals surface area contributed by atoms with Crippen LogP contribution in [0.4, 0.5) is 13.2 Å². The molecule has 0 bridgehead atoms. The second-order valence-corrected chi connectivity index (χ2v) is 6.66. The number of nitrogens with zero attached hydrogens (tertiary/aromatic N) is 1. The molecule has 2 rings (SSSR count). The first-order valence-corrected chi connectivity index (χ1v) is 8.06. The van der Waals surface area contributed by atoms with Crippen molar-refractivity contribution in [3.63, 3.8) is 0 Å². The standard InChI is InChI=1S/C13H15Br2F3N2O.2ClH/c14-9-5-8(6-10(15)12(9)21)11(7-13(16,17)18)20-3-1-19-2-4-20;;/h5-6,11,19,21H,1-4,7H2;2*1H/t11-;;/m0../s1. The predicted octanol–water partition coefficient (Wildman–Crippen LogP) is 4.66. The highest BCUT2D eigenvalue weighted by atomic mass is 79.9. The minimum atomic E-state index is -4.24. The van der Waals surface area contributed by atoms with Gasteiger partial charge in [0, 0.05) is 32.2 Å². The molecule has 1 aromatic carbocycles. The summed E-state index contributed by atoms with van der Waals surface area (Å²) in [6, 6.07) is 2.36. The van der Waals surface area contributed by atoms with E-state index < -0.39 is 18.6 Å². The van der Waals surface area contributed by atoms with Crippen molar-refractivity contribution in [3.8, 4) is 5.75 Å². The van der Waals surface area contributed by atoms with Crippen LogP contribution in [0.25, 0.3) is 0 Å². The van der Waals surface area contributed by atoms with Gasteiger partial charge in [0.15, 0.2) is 0 Å². The maximum absolute atomic E-state index is 12.9. The lowest BCUT2D eigenvalue weighted by Crippen LogP contribution is -2.46. The second kappa shape index (κ2) is 9.68. The predicted molar refractivity (Wildman–Crippen MR) is 95.9 cm³/mol. The first-order chi connectivity index (χ1) is 9.78. The van der Waals surface area contributed by atoms with Crippen molar-refractivity contribution in [3.05, 3.63) is 26.6 Å². The van der Waals surface area contributed by atoms with E-state index in [4.69, 9.17) is 0 Å². The van der Waals surface area contributed by atoms with Crippen LogP contribution in [0.5, 0.6) is 5.75 Å². The van der Waals surface area contributed by atoms with E-state index in [9.17, 15) is 18.3 Å². The van der Waals surface area contributed by atoms with Crippen molar-refractivity contribution in [1.82, 2.24) is 10.2 Å². The highest BCUT2D eigenvalue weighted by Gasteiger charge is 2.36. The van der Waals surface area contributed by atoms with Crippen LogP contribution in [0.1, 0.15) is 18.0 Å². The SMILES string of the molecule is Cl.Cl.Oc1c(Br)cc([C@H](CC(F)(F)F)N2CCNCC2)cc1Br. The van der Waals surface area contributed by atoms with E-state index in [0.717, 1.165) is 0 Å². The Morgan fingerprint density at radius 3 is 2.04 bits per heavy atom. The van der Waals surface area contributed by atoms with Crippen LogP contribution in [0.3, 0.4) is 0 Å². The summed E-state index contributed by atoms with van der Waals surface area (Å²) in [5.41, 5.74) is 0.533. The Balaban J connectivity index is 0.00000242. The van der Waals surface area contributed by atoms with Gasteiger partial charge in [-0.3, -0.25) is 4.90 Å². The number of piperazine rings is 1. The number of halogens is 7. The molecule has 23 heavy (non-hydrogen) atoms. The van der Waals surface area contributed by atoms with E-state index in [1.54, 1.807) is 12.1 Å². The zero-order chi connectivity index (χ0) is 15.6. The molecule has 1 fully saturated rings. The average molecular weight is 505 g/mol. The van der Waals surface area contributed by atoms with Crippen LogP contribution in [-0.2, 0) is 0 Å². The second-order valence-electron chi connectivity index (χ2n) is 4.95. The molecule has 1 aromatic rings. The molecule has 1 heterocycles. The zero-order valence-electron chi connectivity index (χ0n) is 11.9. The van der Waals surface area contributed by atoms with Gasteiger partial charge >= 0.3 is 6.18 Å². The molecule has 134 valence electrons. The zero-order valence-corrected chi connectivity index (χ0v) is 16.7. The van der Waals surface area contributed by atoms with Crippen molar-refractivity contribution in [2.24, 2.45) is 0 Å². The Hall–Kier alpha value is 0.270. The maximum atomic E-state index is 12.9. The van der Waals surface area contributed by atoms with Crippen LogP contribution < -0.4 is 5.32 Å². The van der Waals surface area contributed by atoms with Gasteiger partial charge in [0.05, 0.1) is 15.4 Å². The summed E-state index contributed by atoms with van der Waals surface area (Å²) >= 11 is 6.35. The normalized spacial score (nSPS) is 17.1. The molecular formula is C13H17Br2Cl2F3N2O. The third kappa shape index (κ3) is 6.59. The summed E-state index contributed by atoms with van der Waals surface area (Å²) < 4.78 is 39.5. The van der Waals surface area contributed by atoms with Gasteiger partial charge in [-0.25, -0.2) is 0 Å². The number of hydrogen-bond donors (Lipinski definition) is 2. The van der Waals surface area contributed by atoms with Crippen molar-refractivity contribution < 1.29 is 18.3 Å². The Morgan fingerprint density at radius 2 is 1.61 bits per heavy atom. The van der Waals surface area contributed by atoms with E-state index in [2.05, 4.69) is 37.2 Å². The van der Waals surface area contributed by atoms with Crippen molar-refractivity contribution >= 4 is 56.7 Å². The lowest BCUT2D eigenvalue weighted by molar-refractivity contribution is -0.148. The molecule has 0 amide bonds. The fourth-order valence-electron chi connectivity index (χ4n) is 2.45. The summed E-state index contributed by atoms with van der Waals surface area (Å²) in [5.74, 6) is -0.00943. The summed E-state index contributed by atoms with van der Waals surface area (Å²) in [6.45, 7) is 2.48. The van der Waals surface area contributed by atoms with Crippen molar-refractivity contribution in [2.45, 2.75) is 18.6 Å². The summed E-state index contributed by atoms with van der Waals surface area (Å²) in [6.07, 6.45) is -5.15. The smallest absolute Gasteiger partial charge is 0.390 e. The van der Waals surface area contributed by atoms with Crippen LogP contribution in [0, 0.1) is 0 Å². The van der Waals surface area contributed by atoms with Gasteiger partial charge in [-0.05, 0) is 49.6 Å². The highest BCUT2D eigenvalue weighted by molar-refractivity contribution is 9.11. The molecular weight excluding hydrogens is 488 g/mol. The van der Waals surface area contributed by atoms with Crippen LogP contribution in [0.15, 0.2) is 21.1 Å². The van der Waals surface area contributed by atoms with E-state index in [-0.39, 0.29) is 30.6 Å². The lowest BCUT2D eigenvalue weighted by atomic mass is 10.0. The largest absolute Gasteiger partial charge is 0.506 e. The van der Waals surface area contributed by atoms with Crippen molar-refractivity contribution in [1.29, 1.82) is 0 Å². The van der Waals surface area contributed by atoms with Gasteiger partial charge in [-0.15, -0.1) is 24.8 Å². The number of phenols is 1. The Morgan fingerprint density at radius 1 is 1.13 bits per heavy atom. The number of aromatic hydroxyl groups is 1. The molecule has 3 nitrogen and oxygen atoms in total. The van der Waals surface area contributed by atoms with E-state index in [1.807, 2.05) is 4.90 Å². The van der Waals surface area contributed by atoms with Gasteiger partial charge in [0.25, 0.3) is 0 Å². The molecule has 1 atom stereocenters. The molecule has 2 N–H and O–H groups in total. The molecule has 0 saturated carbocycles. The topological polar surface area (TPSA) is 35.5 Å². The number of alkyl halides is 3. The quantitative estimate of drug-likeness (QED) is 0.628. The van der Waals surface area contributed by atoms with E-state index in [0.29, 0.717) is 40.7 Å². The number of rotatable bonds is 3. The first-order valence-electron chi connectivity index (χ1n) is 6.47. The summed E-state index contributed by atoms with van der Waals surface area (Å²) in [5, 5.41) is 12.9. The lowest BCUT2D eigenvalue weighted by Gasteiger charge is -2.36. The number of benzene rings is 1. The molecule has 0 aromatic heterocycles. The molecule has 10 heteroatoms. The maximum Gasteiger partial charge on any atom is 0.390 e. The molecule has 0 spiro atoms. The minimum absolute atomic E-state index is 0. The average Bonchev–Trinajstić information content (AvgIpc) is 2.41. The number of hydrogen-bond acceptors (Lipinski definition) is 3. The summed E-state index contributed by atoms with van der Waals surface area (Å²) in [7, 11) is 0. The molecule has 0 radical (unpaired) electrons. The van der Waals surface area contributed by atoms with Gasteiger partial charge in [-0.2, -0.15) is 13.2 Å². The monoisotopic (exact) mass is 502 g/mol. The minimum Gasteiger partial charge on any atom is -0.506 e. The van der Waals surface area contributed by atoms with Crippen molar-refractivity contribution in [2.75, 3.05) is 26.2 Å². The van der Waals surface area contributed by atoms with Gasteiger partial charge in [-0.1, -0.05) is 0 Å². The van der Waals surface area contributed by atoms with E-state index in [1.165, 1.54) is 0 Å². The van der Waals surface area contributed by atoms with Crippen LogP contribution >= 0.6 is 56.7 Å². The fraction of sp³-hybridized carbons (Fsp3) is 0.538. The molecule has 1 aliphatic rings. The van der Waals surface area contributed by atoms with Gasteiger partial charge < -0.3 is 10.4 Å². The third-order valence-corrected chi connectivity index (χ3v) is 4.65. The highest BCUT2D eigenvalue weighted by Crippen LogP contribution is 2.40.